The van der Waals surface area contributed by atoms with Crippen molar-refractivity contribution >= 4 is 0 Å². The van der Waals surface area contributed by atoms with Crippen LogP contribution in [-0.2, 0) is 9.47 Å². The summed E-state index contributed by atoms with van der Waals surface area (Å²) in [7, 11) is 0. The normalized spacial score (nSPS) is 35.2. The number of hydrogen-bond acceptors (Lipinski definition) is 6. The minimum absolute atomic E-state index is 0.0659. The van der Waals surface area contributed by atoms with Gasteiger partial charge >= 0.3 is 0 Å². The van der Waals surface area contributed by atoms with Gasteiger partial charge < -0.3 is 24.8 Å². The predicted octanol–water partition coefficient (Wildman–Crippen LogP) is 1.39. The van der Waals surface area contributed by atoms with Gasteiger partial charge in [-0.05, 0) is 45.6 Å². The molecule has 0 aliphatic carbocycles. The maximum atomic E-state index is 10.1. The van der Waals surface area contributed by atoms with Gasteiger partial charge in [0.15, 0.2) is 6.29 Å². The smallest absolute Gasteiger partial charge is 0.184 e. The van der Waals surface area contributed by atoms with Gasteiger partial charge in [0.25, 0.3) is 0 Å². The molecule has 0 aromatic heterocycles. The molecule has 2 aliphatic rings. The monoisotopic (exact) mass is 343 g/mol. The van der Waals surface area contributed by atoms with E-state index in [-0.39, 0.29) is 18.6 Å². The van der Waals surface area contributed by atoms with Crippen LogP contribution in [0, 0.1) is 0 Å². The number of aliphatic hydroxyl groups excluding tert-OH is 3. The Morgan fingerprint density at radius 1 is 1.21 bits per heavy atom. The van der Waals surface area contributed by atoms with Crippen molar-refractivity contribution in [3.8, 4) is 0 Å². The van der Waals surface area contributed by atoms with E-state index in [9.17, 15) is 15.3 Å². The van der Waals surface area contributed by atoms with Gasteiger partial charge in [0.05, 0.1) is 18.3 Å². The summed E-state index contributed by atoms with van der Waals surface area (Å²) in [6.45, 7) is 5.65. The van der Waals surface area contributed by atoms with E-state index in [1.165, 1.54) is 6.42 Å². The summed E-state index contributed by atoms with van der Waals surface area (Å²) < 4.78 is 11.3. The van der Waals surface area contributed by atoms with E-state index in [0.29, 0.717) is 0 Å². The van der Waals surface area contributed by atoms with Crippen molar-refractivity contribution < 1.29 is 24.8 Å². The molecule has 0 saturated carbocycles. The van der Waals surface area contributed by atoms with E-state index in [0.717, 1.165) is 38.8 Å². The van der Waals surface area contributed by atoms with E-state index < -0.39 is 24.7 Å². The highest BCUT2D eigenvalue weighted by Crippen LogP contribution is 2.22. The van der Waals surface area contributed by atoms with E-state index >= 15 is 0 Å². The molecule has 0 bridgehead atoms. The van der Waals surface area contributed by atoms with Crippen molar-refractivity contribution in [1.29, 1.82) is 0 Å². The Hall–Kier alpha value is -0.500. The molecule has 2 saturated heterocycles. The number of nitrogens with zero attached hydrogens (tertiary/aromatic N) is 1. The minimum atomic E-state index is -0.796. The highest BCUT2D eigenvalue weighted by atomic mass is 16.7. The fourth-order valence-electron chi connectivity index (χ4n) is 3.22. The summed E-state index contributed by atoms with van der Waals surface area (Å²) in [5.41, 5.74) is 0. The summed E-state index contributed by atoms with van der Waals surface area (Å²) in [4.78, 5) is 2.10. The van der Waals surface area contributed by atoms with Gasteiger partial charge in [0.2, 0.25) is 0 Å². The van der Waals surface area contributed by atoms with Crippen molar-refractivity contribution in [2.45, 2.75) is 89.3 Å². The Bertz CT molecular complexity index is 386. The van der Waals surface area contributed by atoms with Gasteiger partial charge in [0.1, 0.15) is 12.3 Å². The number of hydrogen-bond donors (Lipinski definition) is 3. The lowest BCUT2D eigenvalue weighted by atomic mass is 10.0. The van der Waals surface area contributed by atoms with Crippen molar-refractivity contribution in [3.63, 3.8) is 0 Å². The third-order valence-electron chi connectivity index (χ3n) is 4.87. The van der Waals surface area contributed by atoms with E-state index in [4.69, 9.17) is 9.47 Å². The zero-order valence-corrected chi connectivity index (χ0v) is 14.9. The summed E-state index contributed by atoms with van der Waals surface area (Å²) in [5.74, 6) is 0. The molecule has 0 spiro atoms. The zero-order chi connectivity index (χ0) is 17.5. The maximum absolute atomic E-state index is 10.1. The fourth-order valence-corrected chi connectivity index (χ4v) is 3.22. The third-order valence-corrected chi connectivity index (χ3v) is 4.87. The number of piperidine rings is 1. The van der Waals surface area contributed by atoms with E-state index in [1.54, 1.807) is 6.92 Å². The van der Waals surface area contributed by atoms with Gasteiger partial charge in [-0.2, -0.15) is 0 Å². The van der Waals surface area contributed by atoms with Gasteiger partial charge in [-0.25, -0.2) is 0 Å². The van der Waals surface area contributed by atoms with Crippen LogP contribution in [0.5, 0.6) is 0 Å². The van der Waals surface area contributed by atoms with Crippen molar-refractivity contribution in [2.24, 2.45) is 0 Å². The van der Waals surface area contributed by atoms with Crippen LogP contribution in [0.25, 0.3) is 0 Å². The molecule has 6 heteroatoms. The zero-order valence-electron chi connectivity index (χ0n) is 14.9. The van der Waals surface area contributed by atoms with Crippen LogP contribution in [0.2, 0.25) is 0 Å². The quantitative estimate of drug-likeness (QED) is 0.606. The third kappa shape index (κ3) is 6.10. The lowest BCUT2D eigenvalue weighted by Gasteiger charge is -2.36. The van der Waals surface area contributed by atoms with Gasteiger partial charge in [-0.15, -0.1) is 0 Å². The van der Waals surface area contributed by atoms with Crippen LogP contribution < -0.4 is 0 Å². The van der Waals surface area contributed by atoms with Crippen LogP contribution in [0.4, 0.5) is 0 Å². The minimum Gasteiger partial charge on any atom is -0.390 e. The number of rotatable bonds is 7. The molecule has 0 aromatic carbocycles. The molecule has 0 radical (unpaired) electrons. The number of aliphatic hydroxyl groups is 3. The largest absolute Gasteiger partial charge is 0.390 e. The molecule has 140 valence electrons. The Balaban J connectivity index is 1.65. The Morgan fingerprint density at radius 3 is 2.62 bits per heavy atom. The molecule has 2 aliphatic heterocycles. The molecule has 2 heterocycles. The molecule has 2 rings (SSSR count). The first-order valence-corrected chi connectivity index (χ1v) is 9.23. The maximum Gasteiger partial charge on any atom is 0.184 e. The van der Waals surface area contributed by atoms with Crippen LogP contribution in [0.3, 0.4) is 0 Å². The Kier molecular flexibility index (Phi) is 8.13. The molecule has 2 fully saturated rings. The second kappa shape index (κ2) is 9.85. The molecule has 0 aromatic rings. The number of ether oxygens (including phenoxy) is 2. The average Bonchev–Trinajstić information content (AvgIpc) is 2.57. The van der Waals surface area contributed by atoms with Gasteiger partial charge in [-0.3, -0.25) is 4.90 Å². The number of allylic oxidation sites excluding steroid dienone is 1. The molecule has 0 amide bonds. The van der Waals surface area contributed by atoms with Gasteiger partial charge in [-0.1, -0.05) is 12.5 Å². The Labute approximate surface area is 145 Å². The average molecular weight is 343 g/mol. The highest BCUT2D eigenvalue weighted by Gasteiger charge is 2.35. The molecular weight excluding hydrogens is 310 g/mol. The fraction of sp³-hybridized carbons (Fsp3) is 0.889. The van der Waals surface area contributed by atoms with Crippen LogP contribution in [-0.4, -0.2) is 70.2 Å². The second-order valence-electron chi connectivity index (χ2n) is 7.04. The van der Waals surface area contributed by atoms with Crippen molar-refractivity contribution in [1.82, 2.24) is 4.90 Å². The van der Waals surface area contributed by atoms with E-state index in [2.05, 4.69) is 4.90 Å². The first-order chi connectivity index (χ1) is 11.5. The van der Waals surface area contributed by atoms with Crippen LogP contribution in [0.15, 0.2) is 12.2 Å². The van der Waals surface area contributed by atoms with Crippen LogP contribution >= 0.6 is 0 Å². The van der Waals surface area contributed by atoms with Crippen molar-refractivity contribution in [2.75, 3.05) is 13.1 Å². The van der Waals surface area contributed by atoms with Crippen LogP contribution in [0.1, 0.15) is 52.4 Å². The molecular formula is C18H33NO5. The summed E-state index contributed by atoms with van der Waals surface area (Å²) in [6, 6.07) is 0. The standard InChI is InChI=1S/C18H33NO5/c1-13(23-18-16(21)12-15(20)14(2)24-18)8-4-5-9-17(22)19-10-6-3-7-11-19/h5,9,13-18,20-22H,3-4,6-8,10-12H2,1-2H3/b9-5+/t13-,14+,15-,16-,17?,18-/m1/s1. The molecule has 6 nitrogen and oxygen atoms in total. The summed E-state index contributed by atoms with van der Waals surface area (Å²) >= 11 is 0. The lowest BCUT2D eigenvalue weighted by molar-refractivity contribution is -0.273. The number of likely N-dealkylation sites (tertiary alicyclic amines) is 1. The Morgan fingerprint density at radius 2 is 1.92 bits per heavy atom. The summed E-state index contributed by atoms with van der Waals surface area (Å²) in [6.07, 6.45) is 6.27. The van der Waals surface area contributed by atoms with E-state index in [1.807, 2.05) is 19.1 Å². The summed E-state index contributed by atoms with van der Waals surface area (Å²) in [5, 5.41) is 29.7. The topological polar surface area (TPSA) is 82.4 Å². The second-order valence-corrected chi connectivity index (χ2v) is 7.04. The first-order valence-electron chi connectivity index (χ1n) is 9.23. The molecule has 6 atom stereocenters. The molecule has 1 unspecified atom stereocenters. The van der Waals surface area contributed by atoms with Gasteiger partial charge in [0, 0.05) is 19.5 Å². The van der Waals surface area contributed by atoms with Crippen molar-refractivity contribution in [3.05, 3.63) is 12.2 Å². The lowest BCUT2D eigenvalue weighted by Crippen LogP contribution is -2.48. The highest BCUT2D eigenvalue weighted by molar-refractivity contribution is 4.90. The SMILES string of the molecule is C[C@H](CC/C=C/C(O)N1CCCCC1)O[C@@H]1O[C@@H](C)[C@H](O)C[C@H]1O. The predicted molar refractivity (Wildman–Crippen MR) is 91.3 cm³/mol. The molecule has 24 heavy (non-hydrogen) atoms. The molecule has 3 N–H and O–H groups in total. The first kappa shape index (κ1) is 19.8.